The normalized spacial score (nSPS) is 10.2. The van der Waals surface area contributed by atoms with Crippen molar-refractivity contribution in [1.82, 2.24) is 0 Å². The molecule has 2 rings (SSSR count). The van der Waals surface area contributed by atoms with E-state index in [-0.39, 0.29) is 18.4 Å². The Labute approximate surface area is 142 Å². The van der Waals surface area contributed by atoms with E-state index in [1.54, 1.807) is 19.2 Å². The largest absolute Gasteiger partial charge is 0.495 e. The average molecular weight is 326 g/mol. The number of aryl methyl sites for hydroxylation is 2. The zero-order valence-corrected chi connectivity index (χ0v) is 14.4. The van der Waals surface area contributed by atoms with Crippen LogP contribution < -0.4 is 15.0 Å². The van der Waals surface area contributed by atoms with Crippen molar-refractivity contribution in [3.63, 3.8) is 0 Å². The minimum Gasteiger partial charge on any atom is -0.495 e. The minimum atomic E-state index is -0.284. The maximum atomic E-state index is 12.4. The maximum Gasteiger partial charge on any atom is 0.244 e. The van der Waals surface area contributed by atoms with Gasteiger partial charge in [0.05, 0.1) is 12.8 Å². The van der Waals surface area contributed by atoms with E-state index in [0.717, 1.165) is 11.1 Å². The van der Waals surface area contributed by atoms with Gasteiger partial charge < -0.3 is 15.0 Å². The van der Waals surface area contributed by atoms with Crippen molar-refractivity contribution in [3.8, 4) is 5.75 Å². The van der Waals surface area contributed by atoms with Gasteiger partial charge in [0.15, 0.2) is 0 Å². The average Bonchev–Trinajstić information content (AvgIpc) is 2.55. The molecule has 0 spiro atoms. The highest BCUT2D eigenvalue weighted by Crippen LogP contribution is 2.23. The van der Waals surface area contributed by atoms with Crippen LogP contribution in [0.4, 0.5) is 11.4 Å². The molecule has 0 aliphatic rings. The fraction of sp³-hybridized carbons (Fsp3) is 0.263. The van der Waals surface area contributed by atoms with Crippen molar-refractivity contribution in [2.45, 2.75) is 20.8 Å². The molecule has 0 atom stereocenters. The Bertz CT molecular complexity index is 756. The smallest absolute Gasteiger partial charge is 0.244 e. The standard InChI is InChI=1S/C19H22N2O3/c1-13-9-10-16(11-14(13)2)21(15(3)22)12-19(23)20-17-7-5-6-8-18(17)24-4/h5-11H,12H2,1-4H3,(H,20,23). The van der Waals surface area contributed by atoms with E-state index in [1.165, 1.54) is 11.8 Å². The summed E-state index contributed by atoms with van der Waals surface area (Å²) in [7, 11) is 1.54. The third-order valence-electron chi connectivity index (χ3n) is 3.87. The number of nitrogens with one attached hydrogen (secondary N) is 1. The molecule has 5 heteroatoms. The van der Waals surface area contributed by atoms with Crippen molar-refractivity contribution in [1.29, 1.82) is 0 Å². The van der Waals surface area contributed by atoms with Crippen LogP contribution in [0.15, 0.2) is 42.5 Å². The van der Waals surface area contributed by atoms with E-state index in [4.69, 9.17) is 4.74 Å². The molecule has 0 unspecified atom stereocenters. The highest BCUT2D eigenvalue weighted by atomic mass is 16.5. The summed E-state index contributed by atoms with van der Waals surface area (Å²) in [6, 6.07) is 12.9. The lowest BCUT2D eigenvalue weighted by molar-refractivity contribution is -0.120. The van der Waals surface area contributed by atoms with Crippen molar-refractivity contribution < 1.29 is 14.3 Å². The molecule has 5 nitrogen and oxygen atoms in total. The molecule has 126 valence electrons. The molecule has 2 aromatic carbocycles. The molecule has 2 aromatic rings. The first-order valence-electron chi connectivity index (χ1n) is 7.70. The van der Waals surface area contributed by atoms with Gasteiger partial charge in [-0.2, -0.15) is 0 Å². The van der Waals surface area contributed by atoms with Crippen LogP contribution >= 0.6 is 0 Å². The van der Waals surface area contributed by atoms with Crippen LogP contribution in [0, 0.1) is 13.8 Å². The second-order valence-electron chi connectivity index (χ2n) is 5.62. The Kier molecular flexibility index (Phi) is 5.58. The van der Waals surface area contributed by atoms with Gasteiger partial charge in [-0.25, -0.2) is 0 Å². The lowest BCUT2D eigenvalue weighted by Gasteiger charge is -2.22. The van der Waals surface area contributed by atoms with E-state index < -0.39 is 0 Å². The van der Waals surface area contributed by atoms with Gasteiger partial charge in [-0.3, -0.25) is 9.59 Å². The predicted octanol–water partition coefficient (Wildman–Crippen LogP) is 3.30. The summed E-state index contributed by atoms with van der Waals surface area (Å²) in [5.41, 5.74) is 3.50. The summed E-state index contributed by atoms with van der Waals surface area (Å²) in [5.74, 6) is 0.104. The van der Waals surface area contributed by atoms with E-state index >= 15 is 0 Å². The number of methoxy groups -OCH3 is 1. The molecule has 2 amide bonds. The van der Waals surface area contributed by atoms with Crippen LogP contribution in [0.25, 0.3) is 0 Å². The van der Waals surface area contributed by atoms with Gasteiger partial charge >= 0.3 is 0 Å². The molecule has 0 heterocycles. The van der Waals surface area contributed by atoms with Gasteiger partial charge in [0.25, 0.3) is 0 Å². The Morgan fingerprint density at radius 2 is 1.79 bits per heavy atom. The second-order valence-corrected chi connectivity index (χ2v) is 5.62. The summed E-state index contributed by atoms with van der Waals surface area (Å²) >= 11 is 0. The van der Waals surface area contributed by atoms with Crippen molar-refractivity contribution >= 4 is 23.2 Å². The quantitative estimate of drug-likeness (QED) is 0.917. The topological polar surface area (TPSA) is 58.6 Å². The number of ether oxygens (including phenoxy) is 1. The number of nitrogens with zero attached hydrogens (tertiary/aromatic N) is 1. The number of anilines is 2. The molecule has 0 saturated carbocycles. The van der Waals surface area contributed by atoms with Crippen molar-refractivity contribution in [3.05, 3.63) is 53.6 Å². The maximum absolute atomic E-state index is 12.4. The highest BCUT2D eigenvalue weighted by molar-refractivity contribution is 6.02. The molecular formula is C19H22N2O3. The van der Waals surface area contributed by atoms with E-state index in [2.05, 4.69) is 5.32 Å². The lowest BCUT2D eigenvalue weighted by Crippen LogP contribution is -2.36. The van der Waals surface area contributed by atoms with Crippen LogP contribution in [0.2, 0.25) is 0 Å². The van der Waals surface area contributed by atoms with E-state index in [9.17, 15) is 9.59 Å². The number of para-hydroxylation sites is 2. The zero-order valence-electron chi connectivity index (χ0n) is 14.4. The Hall–Kier alpha value is -2.82. The molecule has 0 bridgehead atoms. The Balaban J connectivity index is 2.17. The zero-order chi connectivity index (χ0) is 17.7. The first kappa shape index (κ1) is 17.5. The van der Waals surface area contributed by atoms with E-state index in [0.29, 0.717) is 17.1 Å². The number of benzene rings is 2. The number of hydrogen-bond donors (Lipinski definition) is 1. The molecule has 0 aromatic heterocycles. The van der Waals surface area contributed by atoms with Crippen LogP contribution in [0.1, 0.15) is 18.1 Å². The second kappa shape index (κ2) is 7.64. The third kappa shape index (κ3) is 4.13. The number of rotatable bonds is 5. The number of hydrogen-bond acceptors (Lipinski definition) is 3. The first-order valence-corrected chi connectivity index (χ1v) is 7.70. The fourth-order valence-electron chi connectivity index (χ4n) is 2.36. The summed E-state index contributed by atoms with van der Waals surface area (Å²) in [6.07, 6.45) is 0. The number of carbonyl (C=O) groups is 2. The van der Waals surface area contributed by atoms with E-state index in [1.807, 2.05) is 44.2 Å². The summed E-state index contributed by atoms with van der Waals surface area (Å²) in [6.45, 7) is 5.37. The summed E-state index contributed by atoms with van der Waals surface area (Å²) < 4.78 is 5.22. The predicted molar refractivity (Wildman–Crippen MR) is 95.6 cm³/mol. The van der Waals surface area contributed by atoms with Crippen LogP contribution in [0.3, 0.4) is 0 Å². The minimum absolute atomic E-state index is 0.0596. The molecule has 24 heavy (non-hydrogen) atoms. The van der Waals surface area contributed by atoms with Crippen LogP contribution in [-0.4, -0.2) is 25.5 Å². The Morgan fingerprint density at radius 3 is 2.42 bits per heavy atom. The molecule has 1 N–H and O–H groups in total. The highest BCUT2D eigenvalue weighted by Gasteiger charge is 2.17. The Morgan fingerprint density at radius 1 is 1.08 bits per heavy atom. The molecule has 0 radical (unpaired) electrons. The van der Waals surface area contributed by atoms with Gasteiger partial charge in [-0.05, 0) is 49.2 Å². The van der Waals surface area contributed by atoms with Gasteiger partial charge in [-0.15, -0.1) is 0 Å². The molecule has 0 aliphatic heterocycles. The number of amides is 2. The number of carbonyl (C=O) groups excluding carboxylic acids is 2. The van der Waals surface area contributed by atoms with Crippen molar-refractivity contribution in [2.24, 2.45) is 0 Å². The van der Waals surface area contributed by atoms with Crippen LogP contribution in [0.5, 0.6) is 5.75 Å². The molecular weight excluding hydrogens is 304 g/mol. The van der Waals surface area contributed by atoms with Gasteiger partial charge in [0, 0.05) is 12.6 Å². The van der Waals surface area contributed by atoms with Gasteiger partial charge in [-0.1, -0.05) is 18.2 Å². The monoisotopic (exact) mass is 326 g/mol. The molecule has 0 fully saturated rings. The summed E-state index contributed by atoms with van der Waals surface area (Å²) in [4.78, 5) is 25.8. The van der Waals surface area contributed by atoms with Gasteiger partial charge in [0.2, 0.25) is 11.8 Å². The molecule has 0 saturated heterocycles. The molecule has 0 aliphatic carbocycles. The third-order valence-corrected chi connectivity index (χ3v) is 3.87. The first-order chi connectivity index (χ1) is 11.4. The van der Waals surface area contributed by atoms with Crippen molar-refractivity contribution in [2.75, 3.05) is 23.9 Å². The van der Waals surface area contributed by atoms with Gasteiger partial charge in [0.1, 0.15) is 12.3 Å². The lowest BCUT2D eigenvalue weighted by atomic mass is 10.1. The summed E-state index contributed by atoms with van der Waals surface area (Å²) in [5, 5.41) is 2.78. The fourth-order valence-corrected chi connectivity index (χ4v) is 2.36. The van der Waals surface area contributed by atoms with Crippen LogP contribution in [-0.2, 0) is 9.59 Å². The SMILES string of the molecule is COc1ccccc1NC(=O)CN(C(C)=O)c1ccc(C)c(C)c1.